The minimum Gasteiger partial charge on any atom is -0.497 e. The Balaban J connectivity index is 1.91. The van der Waals surface area contributed by atoms with Crippen LogP contribution in [-0.4, -0.2) is 27.6 Å². The molecule has 3 aromatic rings. The predicted octanol–water partition coefficient (Wildman–Crippen LogP) is 2.33. The largest absolute Gasteiger partial charge is 0.497 e. The van der Waals surface area contributed by atoms with Gasteiger partial charge in [-0.15, -0.1) is 0 Å². The van der Waals surface area contributed by atoms with Crippen LogP contribution < -0.4 is 19.8 Å². The van der Waals surface area contributed by atoms with Crippen LogP contribution >= 0.6 is 0 Å². The van der Waals surface area contributed by atoms with Crippen LogP contribution in [0.25, 0.3) is 10.9 Å². The number of aryl methyl sites for hydroxylation is 1. The molecule has 7 nitrogen and oxygen atoms in total. The molecule has 0 saturated carbocycles. The molecular weight excluding hydrogens is 368 g/mol. The summed E-state index contributed by atoms with van der Waals surface area (Å²) in [5, 5.41) is 0.839. The van der Waals surface area contributed by atoms with E-state index in [-0.39, 0.29) is 22.7 Å². The van der Waals surface area contributed by atoms with Crippen LogP contribution in [0.1, 0.15) is 11.1 Å². The number of benzene rings is 2. The van der Waals surface area contributed by atoms with Gasteiger partial charge in [0.1, 0.15) is 16.4 Å². The zero-order chi connectivity index (χ0) is 19.6. The molecule has 0 bridgehead atoms. The zero-order valence-corrected chi connectivity index (χ0v) is 16.0. The third-order valence-electron chi connectivity index (χ3n) is 4.19. The van der Waals surface area contributed by atoms with E-state index in [9.17, 15) is 13.2 Å². The number of ether oxygens (including phenoxy) is 2. The summed E-state index contributed by atoms with van der Waals surface area (Å²) >= 11 is 0. The highest BCUT2D eigenvalue weighted by Gasteiger charge is 2.20. The lowest BCUT2D eigenvalue weighted by Crippen LogP contribution is -2.27. The van der Waals surface area contributed by atoms with Crippen LogP contribution in [0.15, 0.2) is 52.2 Å². The van der Waals surface area contributed by atoms with E-state index in [4.69, 9.17) is 9.47 Å². The van der Waals surface area contributed by atoms with Crippen LogP contribution in [-0.2, 0) is 16.6 Å². The van der Waals surface area contributed by atoms with Gasteiger partial charge in [0, 0.05) is 23.7 Å². The van der Waals surface area contributed by atoms with Crippen LogP contribution in [0.3, 0.4) is 0 Å². The summed E-state index contributed by atoms with van der Waals surface area (Å²) in [5.41, 5.74) is 1.73. The van der Waals surface area contributed by atoms with Crippen LogP contribution in [0.5, 0.6) is 11.5 Å². The van der Waals surface area contributed by atoms with Gasteiger partial charge in [-0.2, -0.15) is 0 Å². The lowest BCUT2D eigenvalue weighted by Gasteiger charge is -2.12. The Bertz CT molecular complexity index is 1150. The Morgan fingerprint density at radius 1 is 1.04 bits per heavy atom. The van der Waals surface area contributed by atoms with Crippen molar-refractivity contribution in [1.82, 2.24) is 9.71 Å². The van der Waals surface area contributed by atoms with Crippen molar-refractivity contribution in [1.29, 1.82) is 0 Å². The normalized spacial score (nSPS) is 11.5. The van der Waals surface area contributed by atoms with E-state index in [2.05, 4.69) is 9.71 Å². The Morgan fingerprint density at radius 3 is 2.52 bits per heavy atom. The topological polar surface area (TPSA) is 97.5 Å². The number of H-pyrrole nitrogens is 1. The van der Waals surface area contributed by atoms with Gasteiger partial charge in [-0.25, -0.2) is 13.1 Å². The van der Waals surface area contributed by atoms with E-state index in [0.717, 1.165) is 10.9 Å². The lowest BCUT2D eigenvalue weighted by molar-refractivity contribution is 0.386. The number of sulfonamides is 1. The van der Waals surface area contributed by atoms with E-state index in [0.29, 0.717) is 16.8 Å². The van der Waals surface area contributed by atoms with Crippen molar-refractivity contribution in [3.05, 3.63) is 63.9 Å². The van der Waals surface area contributed by atoms with E-state index < -0.39 is 10.0 Å². The first kappa shape index (κ1) is 18.9. The summed E-state index contributed by atoms with van der Waals surface area (Å²) in [6.45, 7) is 1.81. The van der Waals surface area contributed by atoms with Gasteiger partial charge in [-0.1, -0.05) is 11.6 Å². The minimum atomic E-state index is -3.89. The fourth-order valence-electron chi connectivity index (χ4n) is 2.75. The van der Waals surface area contributed by atoms with Gasteiger partial charge >= 0.3 is 0 Å². The second-order valence-corrected chi connectivity index (χ2v) is 7.79. The maximum Gasteiger partial charge on any atom is 0.252 e. The number of methoxy groups -OCH3 is 2. The fraction of sp³-hybridized carbons (Fsp3) is 0.211. The molecule has 0 aliphatic carbocycles. The average molecular weight is 388 g/mol. The van der Waals surface area contributed by atoms with Crippen LogP contribution in [0.4, 0.5) is 0 Å². The molecule has 0 unspecified atom stereocenters. The Morgan fingerprint density at radius 2 is 1.81 bits per heavy atom. The van der Waals surface area contributed by atoms with Crippen molar-refractivity contribution in [2.45, 2.75) is 18.4 Å². The summed E-state index contributed by atoms with van der Waals surface area (Å²) in [4.78, 5) is 15.0. The number of aromatic nitrogens is 1. The molecular formula is C19H20N2O5S. The molecule has 0 aliphatic heterocycles. The lowest BCUT2D eigenvalue weighted by atomic mass is 10.1. The molecule has 1 heterocycles. The molecule has 0 fully saturated rings. The first-order chi connectivity index (χ1) is 12.8. The van der Waals surface area contributed by atoms with E-state index in [1.807, 2.05) is 25.1 Å². The maximum absolute atomic E-state index is 12.7. The number of hydrogen-bond donors (Lipinski definition) is 2. The maximum atomic E-state index is 12.7. The molecule has 3 rings (SSSR count). The van der Waals surface area contributed by atoms with Crippen molar-refractivity contribution in [3.8, 4) is 11.5 Å². The second kappa shape index (κ2) is 7.42. The highest BCUT2D eigenvalue weighted by atomic mass is 32.2. The number of pyridine rings is 1. The second-order valence-electron chi connectivity index (χ2n) is 6.06. The van der Waals surface area contributed by atoms with Crippen molar-refractivity contribution in [2.75, 3.05) is 14.2 Å². The average Bonchev–Trinajstić information content (AvgIpc) is 2.66. The molecule has 2 aromatic carbocycles. The minimum absolute atomic E-state index is 0.0288. The molecule has 0 spiro atoms. The summed E-state index contributed by atoms with van der Waals surface area (Å²) in [6, 6.07) is 11.8. The fourth-order valence-corrected chi connectivity index (χ4v) is 3.91. The Hall–Kier alpha value is -2.84. The first-order valence-corrected chi connectivity index (χ1v) is 9.66. The summed E-state index contributed by atoms with van der Waals surface area (Å²) in [6.07, 6.45) is 0. The molecule has 27 heavy (non-hydrogen) atoms. The smallest absolute Gasteiger partial charge is 0.252 e. The Kier molecular flexibility index (Phi) is 5.20. The van der Waals surface area contributed by atoms with Crippen molar-refractivity contribution in [2.24, 2.45) is 0 Å². The highest BCUT2D eigenvalue weighted by molar-refractivity contribution is 7.89. The molecule has 1 aromatic heterocycles. The number of hydrogen-bond acceptors (Lipinski definition) is 5. The molecule has 2 N–H and O–H groups in total. The van der Waals surface area contributed by atoms with Crippen molar-refractivity contribution in [3.63, 3.8) is 0 Å². The monoisotopic (exact) mass is 388 g/mol. The van der Waals surface area contributed by atoms with E-state index >= 15 is 0 Å². The van der Waals surface area contributed by atoms with Gasteiger partial charge < -0.3 is 14.5 Å². The number of aromatic amines is 1. The zero-order valence-electron chi connectivity index (χ0n) is 15.2. The number of fused-ring (bicyclic) bond motifs is 1. The highest BCUT2D eigenvalue weighted by Crippen LogP contribution is 2.28. The molecule has 0 atom stereocenters. The standard InChI is InChI=1S/C19H20N2O5S/c1-12-4-6-16-13(8-12)9-14(19(22)21-16)11-20-27(23,24)18-7-5-15(25-2)10-17(18)26-3/h4-10,20H,11H2,1-3H3,(H,21,22). The van der Waals surface area contributed by atoms with Gasteiger partial charge in [0.25, 0.3) is 5.56 Å². The summed E-state index contributed by atoms with van der Waals surface area (Å²) in [7, 11) is -1.03. The quantitative estimate of drug-likeness (QED) is 0.675. The molecule has 0 amide bonds. The SMILES string of the molecule is COc1ccc(S(=O)(=O)NCc2cc3cc(C)ccc3[nH]c2=O)c(OC)c1. The predicted molar refractivity (Wildman–Crippen MR) is 103 cm³/mol. The third-order valence-corrected chi connectivity index (χ3v) is 5.63. The molecule has 8 heteroatoms. The van der Waals surface area contributed by atoms with Gasteiger partial charge in [0.15, 0.2) is 0 Å². The van der Waals surface area contributed by atoms with E-state index in [1.54, 1.807) is 6.07 Å². The third kappa shape index (κ3) is 3.96. The van der Waals surface area contributed by atoms with Crippen molar-refractivity contribution >= 4 is 20.9 Å². The Labute approximate surface area is 157 Å². The summed E-state index contributed by atoms with van der Waals surface area (Å²) < 4.78 is 38.0. The van der Waals surface area contributed by atoms with Gasteiger partial charge in [-0.3, -0.25) is 4.79 Å². The molecule has 142 valence electrons. The molecule has 0 aliphatic rings. The van der Waals surface area contributed by atoms with E-state index in [1.165, 1.54) is 32.4 Å². The van der Waals surface area contributed by atoms with Crippen LogP contribution in [0.2, 0.25) is 0 Å². The van der Waals surface area contributed by atoms with Crippen molar-refractivity contribution < 1.29 is 17.9 Å². The molecule has 0 saturated heterocycles. The summed E-state index contributed by atoms with van der Waals surface area (Å²) in [5.74, 6) is 0.636. The van der Waals surface area contributed by atoms with Crippen LogP contribution in [0, 0.1) is 6.92 Å². The van der Waals surface area contributed by atoms with Gasteiger partial charge in [0.2, 0.25) is 10.0 Å². The number of nitrogens with one attached hydrogen (secondary N) is 2. The van der Waals surface area contributed by atoms with Gasteiger partial charge in [0.05, 0.1) is 14.2 Å². The number of rotatable bonds is 6. The van der Waals surface area contributed by atoms with Gasteiger partial charge in [-0.05, 0) is 42.6 Å². The first-order valence-electron chi connectivity index (χ1n) is 8.18. The molecule has 0 radical (unpaired) electrons.